The summed E-state index contributed by atoms with van der Waals surface area (Å²) in [5, 5.41) is 0. The van der Waals surface area contributed by atoms with E-state index in [2.05, 4.69) is 20.9 Å². The minimum atomic E-state index is -0.496. The van der Waals surface area contributed by atoms with Gasteiger partial charge < -0.3 is 14.5 Å². The third-order valence-corrected chi connectivity index (χ3v) is 3.81. The van der Waals surface area contributed by atoms with Crippen molar-refractivity contribution in [2.45, 2.75) is 20.8 Å². The number of benzene rings is 1. The second-order valence-corrected chi connectivity index (χ2v) is 5.74. The molecule has 0 aliphatic carbocycles. The van der Waals surface area contributed by atoms with Crippen LogP contribution in [0, 0.1) is 6.92 Å². The number of aromatic nitrogens is 1. The van der Waals surface area contributed by atoms with Crippen LogP contribution in [0.5, 0.6) is 0 Å². The molecular weight excluding hydrogens is 362 g/mol. The van der Waals surface area contributed by atoms with Crippen LogP contribution in [-0.2, 0) is 9.47 Å². The molecule has 0 saturated carbocycles. The largest absolute Gasteiger partial charge is 0.462 e. The van der Waals surface area contributed by atoms with Crippen LogP contribution >= 0.6 is 15.9 Å². The van der Waals surface area contributed by atoms with Gasteiger partial charge in [-0.25, -0.2) is 9.59 Å². The van der Waals surface area contributed by atoms with Crippen LogP contribution in [0.1, 0.15) is 40.4 Å². The van der Waals surface area contributed by atoms with E-state index in [-0.39, 0.29) is 18.9 Å². The topological polar surface area (TPSA) is 68.4 Å². The summed E-state index contributed by atoms with van der Waals surface area (Å²) in [6.07, 6.45) is 0. The molecule has 1 aromatic carbocycles. The van der Waals surface area contributed by atoms with Crippen LogP contribution in [0.4, 0.5) is 0 Å². The number of hydrogen-bond acceptors (Lipinski definition) is 4. The van der Waals surface area contributed by atoms with Gasteiger partial charge in [-0.3, -0.25) is 0 Å². The maximum atomic E-state index is 12.3. The van der Waals surface area contributed by atoms with E-state index < -0.39 is 11.9 Å². The highest BCUT2D eigenvalue weighted by atomic mass is 79.9. The Morgan fingerprint density at radius 1 is 1.04 bits per heavy atom. The van der Waals surface area contributed by atoms with Crippen molar-refractivity contribution < 1.29 is 19.1 Å². The molecule has 122 valence electrons. The van der Waals surface area contributed by atoms with Crippen LogP contribution in [0.25, 0.3) is 11.1 Å². The van der Waals surface area contributed by atoms with E-state index in [4.69, 9.17) is 9.47 Å². The van der Waals surface area contributed by atoms with Crippen LogP contribution in [0.15, 0.2) is 28.7 Å². The van der Waals surface area contributed by atoms with E-state index in [0.717, 1.165) is 10.0 Å². The van der Waals surface area contributed by atoms with E-state index in [9.17, 15) is 9.59 Å². The van der Waals surface area contributed by atoms with Gasteiger partial charge in [0.05, 0.1) is 18.8 Å². The highest BCUT2D eigenvalue weighted by Crippen LogP contribution is 2.32. The maximum Gasteiger partial charge on any atom is 0.355 e. The number of aromatic amines is 1. The maximum absolute atomic E-state index is 12.3. The molecule has 5 nitrogen and oxygen atoms in total. The molecule has 0 aliphatic heterocycles. The molecule has 0 radical (unpaired) electrons. The summed E-state index contributed by atoms with van der Waals surface area (Å²) in [5.41, 5.74) is 2.44. The summed E-state index contributed by atoms with van der Waals surface area (Å²) >= 11 is 3.38. The van der Waals surface area contributed by atoms with Crippen molar-refractivity contribution in [2.24, 2.45) is 0 Å². The van der Waals surface area contributed by atoms with Crippen molar-refractivity contribution in [3.8, 4) is 11.1 Å². The zero-order valence-corrected chi connectivity index (χ0v) is 14.8. The summed E-state index contributed by atoms with van der Waals surface area (Å²) < 4.78 is 11.1. The normalized spacial score (nSPS) is 10.4. The first-order valence-corrected chi connectivity index (χ1v) is 8.11. The molecule has 1 N–H and O–H groups in total. The Bertz CT molecular complexity index is 719. The molecular formula is C17H18BrNO4. The van der Waals surface area contributed by atoms with Gasteiger partial charge in [0.25, 0.3) is 0 Å². The van der Waals surface area contributed by atoms with Gasteiger partial charge in [0, 0.05) is 15.7 Å². The van der Waals surface area contributed by atoms with E-state index in [1.54, 1.807) is 20.8 Å². The third kappa shape index (κ3) is 3.64. The first-order chi connectivity index (χ1) is 11.0. The molecule has 2 aromatic rings. The lowest BCUT2D eigenvalue weighted by molar-refractivity contribution is 0.0518. The molecule has 23 heavy (non-hydrogen) atoms. The Morgan fingerprint density at radius 2 is 1.61 bits per heavy atom. The molecule has 1 heterocycles. The number of hydrogen-bond donors (Lipinski definition) is 1. The molecule has 0 atom stereocenters. The van der Waals surface area contributed by atoms with E-state index in [1.807, 2.05) is 24.3 Å². The average molecular weight is 380 g/mol. The molecule has 0 bridgehead atoms. The predicted octanol–water partition coefficient (Wildman–Crippen LogP) is 4.11. The molecule has 0 fully saturated rings. The fourth-order valence-electron chi connectivity index (χ4n) is 2.35. The van der Waals surface area contributed by atoms with Crippen molar-refractivity contribution in [1.29, 1.82) is 0 Å². The smallest absolute Gasteiger partial charge is 0.355 e. The Kier molecular flexibility index (Phi) is 5.60. The van der Waals surface area contributed by atoms with Crippen molar-refractivity contribution in [3.05, 3.63) is 45.7 Å². The third-order valence-electron chi connectivity index (χ3n) is 3.28. The first kappa shape index (κ1) is 17.3. The number of rotatable bonds is 5. The standard InChI is InChI=1S/C17H18BrNO4/c1-4-22-16(20)13-10(3)19-15(17(21)23-5-2)14(13)11-6-8-12(18)9-7-11/h6-9,19H,4-5H2,1-3H3. The van der Waals surface area contributed by atoms with E-state index >= 15 is 0 Å². The molecule has 0 aliphatic rings. The molecule has 2 rings (SSSR count). The Morgan fingerprint density at radius 3 is 2.17 bits per heavy atom. The average Bonchev–Trinajstić information content (AvgIpc) is 2.86. The molecule has 0 amide bonds. The lowest BCUT2D eigenvalue weighted by Crippen LogP contribution is -2.09. The number of aryl methyl sites for hydroxylation is 1. The molecule has 0 saturated heterocycles. The number of carbonyl (C=O) groups is 2. The van der Waals surface area contributed by atoms with Crippen LogP contribution < -0.4 is 0 Å². The summed E-state index contributed by atoms with van der Waals surface area (Å²) in [7, 11) is 0. The minimum Gasteiger partial charge on any atom is -0.462 e. The monoisotopic (exact) mass is 379 g/mol. The summed E-state index contributed by atoms with van der Waals surface area (Å²) in [6, 6.07) is 7.36. The molecule has 1 aromatic heterocycles. The second-order valence-electron chi connectivity index (χ2n) is 4.82. The zero-order valence-electron chi connectivity index (χ0n) is 13.2. The van der Waals surface area contributed by atoms with E-state index in [1.165, 1.54) is 0 Å². The number of carbonyl (C=O) groups excluding carboxylic acids is 2. The second kappa shape index (κ2) is 7.46. The van der Waals surface area contributed by atoms with Gasteiger partial charge in [0.2, 0.25) is 0 Å². The lowest BCUT2D eigenvalue weighted by Gasteiger charge is -2.08. The quantitative estimate of drug-likeness (QED) is 0.793. The molecule has 0 spiro atoms. The van der Waals surface area contributed by atoms with Crippen LogP contribution in [-0.4, -0.2) is 30.1 Å². The number of H-pyrrole nitrogens is 1. The van der Waals surface area contributed by atoms with Crippen molar-refractivity contribution in [1.82, 2.24) is 4.98 Å². The fraction of sp³-hybridized carbons (Fsp3) is 0.294. The summed E-state index contributed by atoms with van der Waals surface area (Å²) in [5.74, 6) is -0.959. The number of nitrogens with one attached hydrogen (secondary N) is 1. The minimum absolute atomic E-state index is 0.255. The van der Waals surface area contributed by atoms with Crippen molar-refractivity contribution in [3.63, 3.8) is 0 Å². The van der Waals surface area contributed by atoms with Gasteiger partial charge in [-0.2, -0.15) is 0 Å². The highest BCUT2D eigenvalue weighted by molar-refractivity contribution is 9.10. The Labute approximate surface area is 143 Å². The van der Waals surface area contributed by atoms with E-state index in [0.29, 0.717) is 16.8 Å². The van der Waals surface area contributed by atoms with Crippen molar-refractivity contribution >= 4 is 27.9 Å². The number of halogens is 1. The van der Waals surface area contributed by atoms with Crippen LogP contribution in [0.3, 0.4) is 0 Å². The van der Waals surface area contributed by atoms with Gasteiger partial charge in [0.15, 0.2) is 0 Å². The lowest BCUT2D eigenvalue weighted by atomic mass is 10.00. The SMILES string of the molecule is CCOC(=O)c1[nH]c(C)c(C(=O)OCC)c1-c1ccc(Br)cc1. The fourth-order valence-corrected chi connectivity index (χ4v) is 2.61. The predicted molar refractivity (Wildman–Crippen MR) is 90.6 cm³/mol. The van der Waals surface area contributed by atoms with Crippen molar-refractivity contribution in [2.75, 3.05) is 13.2 Å². The van der Waals surface area contributed by atoms with Gasteiger partial charge in [0.1, 0.15) is 5.69 Å². The van der Waals surface area contributed by atoms with Gasteiger partial charge in [-0.15, -0.1) is 0 Å². The first-order valence-electron chi connectivity index (χ1n) is 7.32. The number of ether oxygens (including phenoxy) is 2. The summed E-state index contributed by atoms with van der Waals surface area (Å²) in [6.45, 7) is 5.73. The summed E-state index contributed by atoms with van der Waals surface area (Å²) in [4.78, 5) is 27.5. The van der Waals surface area contributed by atoms with Gasteiger partial charge >= 0.3 is 11.9 Å². The van der Waals surface area contributed by atoms with Gasteiger partial charge in [-0.1, -0.05) is 28.1 Å². The van der Waals surface area contributed by atoms with Crippen LogP contribution in [0.2, 0.25) is 0 Å². The Balaban J connectivity index is 2.64. The molecule has 6 heteroatoms. The molecule has 0 unspecified atom stereocenters. The van der Waals surface area contributed by atoms with Gasteiger partial charge in [-0.05, 0) is 38.5 Å². The zero-order chi connectivity index (χ0) is 17.0. The Hall–Kier alpha value is -2.08. The highest BCUT2D eigenvalue weighted by Gasteiger charge is 2.27. The number of esters is 2.